The fourth-order valence-electron chi connectivity index (χ4n) is 2.30. The van der Waals surface area contributed by atoms with Crippen molar-refractivity contribution in [1.29, 1.82) is 0 Å². The third-order valence-corrected chi connectivity index (χ3v) is 4.84. The van der Waals surface area contributed by atoms with Crippen molar-refractivity contribution < 1.29 is 0 Å². The third kappa shape index (κ3) is 3.51. The molecule has 0 fully saturated rings. The first kappa shape index (κ1) is 15.9. The molecule has 1 aromatic heterocycles. The summed E-state index contributed by atoms with van der Waals surface area (Å²) in [4.78, 5) is 0. The zero-order valence-electron chi connectivity index (χ0n) is 13.0. The second-order valence-corrected chi connectivity index (χ2v) is 6.78. The average molecular weight is 345 g/mol. The normalized spacial score (nSPS) is 10.9. The first-order valence-corrected chi connectivity index (χ1v) is 8.56. The van der Waals surface area contributed by atoms with Gasteiger partial charge in [0.1, 0.15) is 0 Å². The third-order valence-electron chi connectivity index (χ3n) is 3.61. The molecule has 0 aliphatic carbocycles. The van der Waals surface area contributed by atoms with Crippen LogP contribution in [0.15, 0.2) is 47.6 Å². The molecule has 0 atom stereocenters. The largest absolute Gasteiger partial charge is 0.335 e. The van der Waals surface area contributed by atoms with Crippen LogP contribution >= 0.6 is 23.4 Å². The SMILES string of the molecule is Cc1ccc(C)c(CSc2nnc(-c3cccc(Cl)c3)n2N)c1. The molecular weight excluding hydrogens is 328 g/mol. The van der Waals surface area contributed by atoms with E-state index in [9.17, 15) is 0 Å². The first-order chi connectivity index (χ1) is 11.0. The standard InChI is InChI=1S/C17H17ClN4S/c1-11-6-7-12(2)14(8-11)10-23-17-21-20-16(22(17)19)13-4-3-5-15(18)9-13/h3-9H,10,19H2,1-2H3. The minimum Gasteiger partial charge on any atom is -0.335 e. The van der Waals surface area contributed by atoms with Crippen LogP contribution in [0.2, 0.25) is 5.02 Å². The minimum absolute atomic E-state index is 0.607. The highest BCUT2D eigenvalue weighted by Gasteiger charge is 2.13. The number of benzene rings is 2. The Balaban J connectivity index is 1.81. The van der Waals surface area contributed by atoms with E-state index in [1.54, 1.807) is 11.8 Å². The molecule has 0 unspecified atom stereocenters. The van der Waals surface area contributed by atoms with Crippen LogP contribution in [-0.2, 0) is 5.75 Å². The lowest BCUT2D eigenvalue weighted by Crippen LogP contribution is -2.11. The van der Waals surface area contributed by atoms with Gasteiger partial charge in [0.05, 0.1) is 0 Å². The number of nitrogens with zero attached hydrogens (tertiary/aromatic N) is 3. The molecule has 0 bridgehead atoms. The Hall–Kier alpha value is -1.98. The molecule has 3 aromatic rings. The van der Waals surface area contributed by atoms with Crippen LogP contribution in [0.4, 0.5) is 0 Å². The molecule has 1 heterocycles. The van der Waals surface area contributed by atoms with Gasteiger partial charge in [0, 0.05) is 16.3 Å². The summed E-state index contributed by atoms with van der Waals surface area (Å²) in [6.45, 7) is 4.20. The summed E-state index contributed by atoms with van der Waals surface area (Å²) in [5.74, 6) is 7.56. The Labute approximate surface area is 144 Å². The number of hydrogen-bond donors (Lipinski definition) is 1. The van der Waals surface area contributed by atoms with Crippen molar-refractivity contribution in [2.24, 2.45) is 0 Å². The monoisotopic (exact) mass is 344 g/mol. The lowest BCUT2D eigenvalue weighted by molar-refractivity contribution is 0.849. The fourth-order valence-corrected chi connectivity index (χ4v) is 3.41. The van der Waals surface area contributed by atoms with Crippen molar-refractivity contribution in [3.63, 3.8) is 0 Å². The van der Waals surface area contributed by atoms with Gasteiger partial charge in [-0.05, 0) is 37.1 Å². The summed E-state index contributed by atoms with van der Waals surface area (Å²) in [5, 5.41) is 9.71. The highest BCUT2D eigenvalue weighted by molar-refractivity contribution is 7.98. The number of halogens is 1. The van der Waals surface area contributed by atoms with Crippen LogP contribution in [0.1, 0.15) is 16.7 Å². The number of thioether (sulfide) groups is 1. The second-order valence-electron chi connectivity index (χ2n) is 5.41. The van der Waals surface area contributed by atoms with E-state index in [0.29, 0.717) is 16.0 Å². The molecule has 0 aliphatic rings. The van der Waals surface area contributed by atoms with Crippen molar-refractivity contribution in [2.75, 3.05) is 5.84 Å². The second kappa shape index (κ2) is 6.64. The predicted octanol–water partition coefficient (Wildman–Crippen LogP) is 4.22. The number of hydrogen-bond acceptors (Lipinski definition) is 4. The smallest absolute Gasteiger partial charge is 0.210 e. The minimum atomic E-state index is 0.607. The molecule has 0 amide bonds. The molecule has 2 N–H and O–H groups in total. The maximum atomic E-state index is 6.15. The van der Waals surface area contributed by atoms with E-state index in [-0.39, 0.29) is 0 Å². The summed E-state index contributed by atoms with van der Waals surface area (Å²) >= 11 is 7.60. The molecular formula is C17H17ClN4S. The van der Waals surface area contributed by atoms with Gasteiger partial charge in [-0.15, -0.1) is 10.2 Å². The van der Waals surface area contributed by atoms with Crippen LogP contribution < -0.4 is 5.84 Å². The van der Waals surface area contributed by atoms with Gasteiger partial charge in [0.2, 0.25) is 5.16 Å². The number of rotatable bonds is 4. The number of aromatic nitrogens is 3. The predicted molar refractivity (Wildman–Crippen MR) is 96.1 cm³/mol. The lowest BCUT2D eigenvalue weighted by atomic mass is 10.1. The van der Waals surface area contributed by atoms with Crippen LogP contribution in [0.25, 0.3) is 11.4 Å². The zero-order chi connectivity index (χ0) is 16.4. The Morgan fingerprint density at radius 1 is 1.13 bits per heavy atom. The number of aryl methyl sites for hydroxylation is 2. The zero-order valence-corrected chi connectivity index (χ0v) is 14.5. The highest BCUT2D eigenvalue weighted by atomic mass is 35.5. The number of nitrogen functional groups attached to an aromatic ring is 1. The molecule has 0 spiro atoms. The number of nitrogens with two attached hydrogens (primary N) is 1. The van der Waals surface area contributed by atoms with Gasteiger partial charge in [0.25, 0.3) is 0 Å². The fraction of sp³-hybridized carbons (Fsp3) is 0.176. The Kier molecular flexibility index (Phi) is 4.59. The molecule has 118 valence electrons. The van der Waals surface area contributed by atoms with Gasteiger partial charge in [0.15, 0.2) is 5.82 Å². The van der Waals surface area contributed by atoms with E-state index < -0.39 is 0 Å². The van der Waals surface area contributed by atoms with E-state index >= 15 is 0 Å². The average Bonchev–Trinajstić information content (AvgIpc) is 2.89. The van der Waals surface area contributed by atoms with Crippen molar-refractivity contribution in [1.82, 2.24) is 14.9 Å². The highest BCUT2D eigenvalue weighted by Crippen LogP contribution is 2.26. The Bertz CT molecular complexity index is 844. The molecule has 0 saturated heterocycles. The molecule has 0 saturated carbocycles. The lowest BCUT2D eigenvalue weighted by Gasteiger charge is -2.07. The van der Waals surface area contributed by atoms with Crippen LogP contribution in [0.3, 0.4) is 0 Å². The summed E-state index contributed by atoms with van der Waals surface area (Å²) in [6, 6.07) is 13.9. The maximum absolute atomic E-state index is 6.15. The van der Waals surface area contributed by atoms with E-state index in [4.69, 9.17) is 17.4 Å². The molecule has 0 aliphatic heterocycles. The van der Waals surface area contributed by atoms with Crippen LogP contribution in [0.5, 0.6) is 0 Å². The van der Waals surface area contributed by atoms with Crippen molar-refractivity contribution in [3.8, 4) is 11.4 Å². The Morgan fingerprint density at radius 3 is 2.74 bits per heavy atom. The summed E-state index contributed by atoms with van der Waals surface area (Å²) in [7, 11) is 0. The van der Waals surface area contributed by atoms with Crippen LogP contribution in [-0.4, -0.2) is 14.9 Å². The van der Waals surface area contributed by atoms with Crippen LogP contribution in [0, 0.1) is 13.8 Å². The van der Waals surface area contributed by atoms with E-state index in [0.717, 1.165) is 11.3 Å². The topological polar surface area (TPSA) is 56.7 Å². The first-order valence-electron chi connectivity index (χ1n) is 7.20. The van der Waals surface area contributed by atoms with Gasteiger partial charge in [-0.2, -0.15) is 0 Å². The Morgan fingerprint density at radius 2 is 1.96 bits per heavy atom. The van der Waals surface area contributed by atoms with Gasteiger partial charge in [-0.1, -0.05) is 59.3 Å². The van der Waals surface area contributed by atoms with E-state index in [1.165, 1.54) is 21.4 Å². The molecule has 3 rings (SSSR count). The van der Waals surface area contributed by atoms with E-state index in [2.05, 4.69) is 42.2 Å². The molecule has 2 aromatic carbocycles. The molecule has 23 heavy (non-hydrogen) atoms. The molecule has 0 radical (unpaired) electrons. The maximum Gasteiger partial charge on any atom is 0.210 e. The quantitative estimate of drug-likeness (QED) is 0.568. The summed E-state index contributed by atoms with van der Waals surface area (Å²) < 4.78 is 1.52. The van der Waals surface area contributed by atoms with Crippen molar-refractivity contribution in [2.45, 2.75) is 24.8 Å². The van der Waals surface area contributed by atoms with E-state index in [1.807, 2.05) is 24.3 Å². The molecule has 4 nitrogen and oxygen atoms in total. The molecule has 6 heteroatoms. The summed E-state index contributed by atoms with van der Waals surface area (Å²) in [6.07, 6.45) is 0. The van der Waals surface area contributed by atoms with Crippen molar-refractivity contribution in [3.05, 3.63) is 64.2 Å². The van der Waals surface area contributed by atoms with Gasteiger partial charge in [-0.25, -0.2) is 4.68 Å². The van der Waals surface area contributed by atoms with Crippen molar-refractivity contribution >= 4 is 23.4 Å². The van der Waals surface area contributed by atoms with Gasteiger partial charge < -0.3 is 5.84 Å². The van der Waals surface area contributed by atoms with Gasteiger partial charge in [-0.3, -0.25) is 0 Å². The van der Waals surface area contributed by atoms with Gasteiger partial charge >= 0.3 is 0 Å². The summed E-state index contributed by atoms with van der Waals surface area (Å²) in [5.41, 5.74) is 4.65.